The van der Waals surface area contributed by atoms with E-state index in [0.29, 0.717) is 18.1 Å². The number of hydrogen-bond donors (Lipinski definition) is 1. The Labute approximate surface area is 98.4 Å². The first-order chi connectivity index (χ1) is 7.87. The van der Waals surface area contributed by atoms with Gasteiger partial charge in [-0.2, -0.15) is 13.2 Å². The lowest BCUT2D eigenvalue weighted by Gasteiger charge is -2.23. The van der Waals surface area contributed by atoms with Crippen LogP contribution in [0.4, 0.5) is 19.0 Å². The lowest BCUT2D eigenvalue weighted by molar-refractivity contribution is -0.119. The van der Waals surface area contributed by atoms with E-state index >= 15 is 0 Å². The molecule has 0 aliphatic rings. The molecule has 1 aromatic heterocycles. The number of hydrogen-bond acceptors (Lipinski definition) is 3. The SMILES string of the molecule is CCN(CC(F)(F)F)c1ccc(CN)c(C)n1. The van der Waals surface area contributed by atoms with Gasteiger partial charge < -0.3 is 10.6 Å². The molecule has 0 radical (unpaired) electrons. The van der Waals surface area contributed by atoms with E-state index in [4.69, 9.17) is 5.73 Å². The van der Waals surface area contributed by atoms with Crippen molar-refractivity contribution in [3.8, 4) is 0 Å². The molecule has 0 saturated carbocycles. The highest BCUT2D eigenvalue weighted by Crippen LogP contribution is 2.21. The molecule has 0 spiro atoms. The highest BCUT2D eigenvalue weighted by atomic mass is 19.4. The van der Waals surface area contributed by atoms with Gasteiger partial charge in [0.15, 0.2) is 0 Å². The summed E-state index contributed by atoms with van der Waals surface area (Å²) in [5, 5.41) is 0. The van der Waals surface area contributed by atoms with Crippen LogP contribution in [0, 0.1) is 6.92 Å². The Morgan fingerprint density at radius 2 is 2.00 bits per heavy atom. The molecule has 1 rings (SSSR count). The predicted octanol–water partition coefficient (Wildman–Crippen LogP) is 2.24. The molecular weight excluding hydrogens is 231 g/mol. The number of nitrogens with two attached hydrogens (primary N) is 1. The molecule has 3 nitrogen and oxygen atoms in total. The van der Waals surface area contributed by atoms with Crippen LogP contribution < -0.4 is 10.6 Å². The number of alkyl halides is 3. The Morgan fingerprint density at radius 3 is 2.41 bits per heavy atom. The van der Waals surface area contributed by atoms with Gasteiger partial charge in [0.1, 0.15) is 12.4 Å². The molecule has 17 heavy (non-hydrogen) atoms. The smallest absolute Gasteiger partial charge is 0.348 e. The van der Waals surface area contributed by atoms with Crippen molar-refractivity contribution in [2.75, 3.05) is 18.0 Å². The van der Waals surface area contributed by atoms with Crippen LogP contribution in [0.25, 0.3) is 0 Å². The number of anilines is 1. The molecule has 6 heteroatoms. The van der Waals surface area contributed by atoms with Crippen LogP contribution in [0.5, 0.6) is 0 Å². The second-order valence-corrected chi connectivity index (χ2v) is 3.75. The van der Waals surface area contributed by atoms with E-state index in [1.807, 2.05) is 0 Å². The molecule has 0 bridgehead atoms. The predicted molar refractivity (Wildman–Crippen MR) is 60.8 cm³/mol. The average Bonchev–Trinajstić information content (AvgIpc) is 2.24. The minimum Gasteiger partial charge on any atom is -0.348 e. The van der Waals surface area contributed by atoms with Crippen LogP contribution in [-0.2, 0) is 6.54 Å². The second kappa shape index (κ2) is 5.35. The monoisotopic (exact) mass is 247 g/mol. The van der Waals surface area contributed by atoms with E-state index in [-0.39, 0.29) is 6.54 Å². The Morgan fingerprint density at radius 1 is 1.35 bits per heavy atom. The van der Waals surface area contributed by atoms with Gasteiger partial charge in [-0.25, -0.2) is 4.98 Å². The summed E-state index contributed by atoms with van der Waals surface area (Å²) in [6.07, 6.45) is -4.22. The molecule has 0 aromatic carbocycles. The van der Waals surface area contributed by atoms with Crippen molar-refractivity contribution in [2.24, 2.45) is 5.73 Å². The summed E-state index contributed by atoms with van der Waals surface area (Å²) in [5.74, 6) is 0.333. The number of halogens is 3. The first kappa shape index (κ1) is 13.8. The van der Waals surface area contributed by atoms with Crippen molar-refractivity contribution in [3.63, 3.8) is 0 Å². The standard InChI is InChI=1S/C11H16F3N3/c1-3-17(7-11(12,13)14)10-5-4-9(6-15)8(2)16-10/h4-5H,3,6-7,15H2,1-2H3. The molecule has 0 fully saturated rings. The molecule has 1 aromatic rings. The highest BCUT2D eigenvalue weighted by molar-refractivity contribution is 5.41. The van der Waals surface area contributed by atoms with Crippen LogP contribution >= 0.6 is 0 Å². The molecule has 0 atom stereocenters. The van der Waals surface area contributed by atoms with Gasteiger partial charge in [0.05, 0.1) is 0 Å². The van der Waals surface area contributed by atoms with Crippen molar-refractivity contribution >= 4 is 5.82 Å². The molecule has 1 heterocycles. The van der Waals surface area contributed by atoms with E-state index in [2.05, 4.69) is 4.98 Å². The average molecular weight is 247 g/mol. The third kappa shape index (κ3) is 3.89. The minimum absolute atomic E-state index is 0.258. The molecule has 0 unspecified atom stereocenters. The van der Waals surface area contributed by atoms with E-state index in [9.17, 15) is 13.2 Å². The maximum absolute atomic E-state index is 12.3. The minimum atomic E-state index is -4.22. The van der Waals surface area contributed by atoms with Gasteiger partial charge in [0, 0.05) is 18.8 Å². The molecule has 0 aliphatic carbocycles. The molecule has 96 valence electrons. The molecule has 0 saturated heterocycles. The largest absolute Gasteiger partial charge is 0.405 e. The third-order valence-electron chi connectivity index (χ3n) is 2.48. The Kier molecular flexibility index (Phi) is 4.34. The highest BCUT2D eigenvalue weighted by Gasteiger charge is 2.30. The zero-order chi connectivity index (χ0) is 13.1. The van der Waals surface area contributed by atoms with E-state index in [1.165, 1.54) is 4.90 Å². The molecule has 0 amide bonds. The summed E-state index contributed by atoms with van der Waals surface area (Å²) in [5.41, 5.74) is 6.99. The Bertz CT molecular complexity index is 377. The summed E-state index contributed by atoms with van der Waals surface area (Å²) in [6.45, 7) is 3.02. The van der Waals surface area contributed by atoms with Crippen LogP contribution in [0.2, 0.25) is 0 Å². The fraction of sp³-hybridized carbons (Fsp3) is 0.545. The van der Waals surface area contributed by atoms with Gasteiger partial charge in [-0.05, 0) is 25.5 Å². The third-order valence-corrected chi connectivity index (χ3v) is 2.48. The van der Waals surface area contributed by atoms with Crippen LogP contribution in [0.15, 0.2) is 12.1 Å². The van der Waals surface area contributed by atoms with Crippen molar-refractivity contribution < 1.29 is 13.2 Å². The maximum atomic E-state index is 12.3. The number of aryl methyl sites for hydroxylation is 1. The Balaban J connectivity index is 2.93. The quantitative estimate of drug-likeness (QED) is 0.887. The fourth-order valence-electron chi connectivity index (χ4n) is 1.54. The summed E-state index contributed by atoms with van der Waals surface area (Å²) in [7, 11) is 0. The first-order valence-corrected chi connectivity index (χ1v) is 5.35. The van der Waals surface area contributed by atoms with Crippen LogP contribution in [0.1, 0.15) is 18.2 Å². The van der Waals surface area contributed by atoms with Gasteiger partial charge in [0.25, 0.3) is 0 Å². The van der Waals surface area contributed by atoms with E-state index in [0.717, 1.165) is 5.56 Å². The van der Waals surface area contributed by atoms with Crippen LogP contribution in [-0.4, -0.2) is 24.2 Å². The zero-order valence-corrected chi connectivity index (χ0v) is 9.88. The summed E-state index contributed by atoms with van der Waals surface area (Å²) >= 11 is 0. The van der Waals surface area contributed by atoms with Gasteiger partial charge in [-0.3, -0.25) is 0 Å². The van der Waals surface area contributed by atoms with E-state index < -0.39 is 12.7 Å². The normalized spacial score (nSPS) is 11.6. The van der Waals surface area contributed by atoms with E-state index in [1.54, 1.807) is 26.0 Å². The summed E-state index contributed by atoms with van der Waals surface area (Å²) in [6, 6.07) is 3.29. The summed E-state index contributed by atoms with van der Waals surface area (Å²) < 4.78 is 37.0. The van der Waals surface area contributed by atoms with Gasteiger partial charge in [0.2, 0.25) is 0 Å². The van der Waals surface area contributed by atoms with Crippen molar-refractivity contribution in [1.82, 2.24) is 4.98 Å². The number of rotatable bonds is 4. The van der Waals surface area contributed by atoms with Crippen molar-refractivity contribution in [2.45, 2.75) is 26.6 Å². The van der Waals surface area contributed by atoms with Gasteiger partial charge in [-0.15, -0.1) is 0 Å². The molecule has 0 aliphatic heterocycles. The van der Waals surface area contributed by atoms with Crippen LogP contribution in [0.3, 0.4) is 0 Å². The lowest BCUT2D eigenvalue weighted by atomic mass is 10.2. The zero-order valence-electron chi connectivity index (χ0n) is 9.88. The Hall–Kier alpha value is -1.30. The number of pyridine rings is 1. The second-order valence-electron chi connectivity index (χ2n) is 3.75. The summed E-state index contributed by atoms with van der Waals surface area (Å²) in [4.78, 5) is 5.33. The molecule has 2 N–H and O–H groups in total. The van der Waals surface area contributed by atoms with Crippen molar-refractivity contribution in [3.05, 3.63) is 23.4 Å². The van der Waals surface area contributed by atoms with Gasteiger partial charge in [-0.1, -0.05) is 6.07 Å². The fourth-order valence-corrected chi connectivity index (χ4v) is 1.54. The van der Waals surface area contributed by atoms with Gasteiger partial charge >= 0.3 is 6.18 Å². The topological polar surface area (TPSA) is 42.1 Å². The first-order valence-electron chi connectivity index (χ1n) is 5.35. The lowest BCUT2D eigenvalue weighted by Crippen LogP contribution is -2.34. The molecular formula is C11H16F3N3. The van der Waals surface area contributed by atoms with Crippen molar-refractivity contribution in [1.29, 1.82) is 0 Å². The maximum Gasteiger partial charge on any atom is 0.405 e. The number of aromatic nitrogens is 1. The number of nitrogens with zero attached hydrogens (tertiary/aromatic N) is 2.